The first kappa shape index (κ1) is 22.2. The van der Waals surface area contributed by atoms with Crippen molar-refractivity contribution in [1.29, 1.82) is 0 Å². The zero-order chi connectivity index (χ0) is 19.9. The zero-order valence-corrected chi connectivity index (χ0v) is 17.8. The first-order chi connectivity index (χ1) is 13.8. The molecule has 0 N–H and O–H groups in total. The maximum Gasteiger partial charge on any atom is 0.119 e. The van der Waals surface area contributed by atoms with Gasteiger partial charge in [0.25, 0.3) is 0 Å². The normalized spacial score (nSPS) is 11.2. The Morgan fingerprint density at radius 3 is 2.04 bits per heavy atom. The van der Waals surface area contributed by atoms with Gasteiger partial charge in [0.2, 0.25) is 0 Å². The molecule has 0 atom stereocenters. The molecule has 0 aliphatic rings. The largest absolute Gasteiger partial charge is 0.494 e. The molecular weight excluding hydrogens is 342 g/mol. The monoisotopic (exact) mass is 379 g/mol. The van der Waals surface area contributed by atoms with Crippen molar-refractivity contribution < 1.29 is 4.74 Å². The molecule has 0 bridgehead atoms. The number of hydrogen-bond acceptors (Lipinski definition) is 2. The van der Waals surface area contributed by atoms with Crippen molar-refractivity contribution in [1.82, 2.24) is 0 Å². The number of unbranched alkanes of at least 4 members (excludes halogenated alkanes) is 7. The molecule has 2 aromatic carbocycles. The van der Waals surface area contributed by atoms with Crippen LogP contribution in [0.2, 0.25) is 0 Å². The Bertz CT molecular complexity index is 658. The standard InChI is InChI=1S/C26H37NO/c1-3-5-7-8-9-10-11-21-28-26-19-15-24(16-20-26)22-27-25-17-13-23(14-18-25)12-6-4-2/h13-20,22H,3-12,21H2,1-2H3/b27-22+. The van der Waals surface area contributed by atoms with Gasteiger partial charge in [-0.3, -0.25) is 4.99 Å². The number of aliphatic imine (C=N–C) groups is 1. The van der Waals surface area contributed by atoms with Crippen molar-refractivity contribution in [3.8, 4) is 5.75 Å². The van der Waals surface area contributed by atoms with E-state index in [0.29, 0.717) is 0 Å². The summed E-state index contributed by atoms with van der Waals surface area (Å²) in [6.07, 6.45) is 14.7. The summed E-state index contributed by atoms with van der Waals surface area (Å²) in [6.45, 7) is 5.30. The van der Waals surface area contributed by atoms with Crippen LogP contribution in [0.15, 0.2) is 53.5 Å². The van der Waals surface area contributed by atoms with E-state index in [4.69, 9.17) is 4.74 Å². The summed E-state index contributed by atoms with van der Waals surface area (Å²) in [4.78, 5) is 4.58. The van der Waals surface area contributed by atoms with Gasteiger partial charge in [-0.2, -0.15) is 0 Å². The van der Waals surface area contributed by atoms with E-state index < -0.39 is 0 Å². The van der Waals surface area contributed by atoms with Crippen LogP contribution in [0.5, 0.6) is 5.75 Å². The Kier molecular flexibility index (Phi) is 11.1. The van der Waals surface area contributed by atoms with Crippen molar-refractivity contribution >= 4 is 11.9 Å². The SMILES string of the molecule is CCCCCCCCCOc1ccc(/C=N/c2ccc(CCCC)cc2)cc1. The average molecular weight is 380 g/mol. The number of ether oxygens (including phenoxy) is 1. The summed E-state index contributed by atoms with van der Waals surface area (Å²) >= 11 is 0. The number of aryl methyl sites for hydroxylation is 1. The molecule has 0 aliphatic carbocycles. The summed E-state index contributed by atoms with van der Waals surface area (Å²) in [5, 5.41) is 0. The van der Waals surface area contributed by atoms with E-state index in [1.165, 1.54) is 56.9 Å². The minimum Gasteiger partial charge on any atom is -0.494 e. The van der Waals surface area contributed by atoms with Gasteiger partial charge in [-0.05, 0) is 66.8 Å². The topological polar surface area (TPSA) is 21.6 Å². The van der Waals surface area contributed by atoms with Crippen LogP contribution in [-0.4, -0.2) is 12.8 Å². The second-order valence-corrected chi connectivity index (χ2v) is 7.57. The summed E-state index contributed by atoms with van der Waals surface area (Å²) in [5.74, 6) is 0.948. The van der Waals surface area contributed by atoms with Gasteiger partial charge in [-0.15, -0.1) is 0 Å². The first-order valence-corrected chi connectivity index (χ1v) is 11.2. The Balaban J connectivity index is 1.68. The average Bonchev–Trinajstić information content (AvgIpc) is 2.74. The molecule has 2 aromatic rings. The summed E-state index contributed by atoms with van der Waals surface area (Å²) in [7, 11) is 0. The fourth-order valence-electron chi connectivity index (χ4n) is 3.18. The molecule has 152 valence electrons. The third-order valence-corrected chi connectivity index (χ3v) is 5.01. The molecular formula is C26H37NO. The molecule has 2 nitrogen and oxygen atoms in total. The Morgan fingerprint density at radius 1 is 0.714 bits per heavy atom. The Hall–Kier alpha value is -2.09. The first-order valence-electron chi connectivity index (χ1n) is 11.2. The van der Waals surface area contributed by atoms with E-state index in [1.54, 1.807) is 0 Å². The fourth-order valence-corrected chi connectivity index (χ4v) is 3.18. The number of nitrogens with zero attached hydrogens (tertiary/aromatic N) is 1. The fraction of sp³-hybridized carbons (Fsp3) is 0.500. The quantitative estimate of drug-likeness (QED) is 0.241. The van der Waals surface area contributed by atoms with Crippen LogP contribution in [0.3, 0.4) is 0 Å². The molecule has 0 saturated heterocycles. The highest BCUT2D eigenvalue weighted by molar-refractivity contribution is 5.82. The summed E-state index contributed by atoms with van der Waals surface area (Å²) in [6, 6.07) is 16.8. The van der Waals surface area contributed by atoms with Gasteiger partial charge in [0.05, 0.1) is 12.3 Å². The smallest absolute Gasteiger partial charge is 0.119 e. The Labute approximate surface area is 172 Å². The van der Waals surface area contributed by atoms with Crippen LogP contribution < -0.4 is 4.74 Å². The molecule has 0 aliphatic heterocycles. The van der Waals surface area contributed by atoms with Gasteiger partial charge in [0, 0.05) is 6.21 Å². The maximum atomic E-state index is 5.85. The summed E-state index contributed by atoms with van der Waals surface area (Å²) < 4.78 is 5.85. The van der Waals surface area contributed by atoms with Crippen molar-refractivity contribution in [2.24, 2.45) is 4.99 Å². The highest BCUT2D eigenvalue weighted by Crippen LogP contribution is 2.16. The number of hydrogen-bond donors (Lipinski definition) is 0. The van der Waals surface area contributed by atoms with Crippen molar-refractivity contribution in [3.05, 3.63) is 59.7 Å². The predicted molar refractivity (Wildman–Crippen MR) is 122 cm³/mol. The van der Waals surface area contributed by atoms with Crippen molar-refractivity contribution in [2.75, 3.05) is 6.61 Å². The lowest BCUT2D eigenvalue weighted by Crippen LogP contribution is -1.97. The molecule has 0 aromatic heterocycles. The Morgan fingerprint density at radius 2 is 1.36 bits per heavy atom. The third-order valence-electron chi connectivity index (χ3n) is 5.01. The van der Waals surface area contributed by atoms with Crippen molar-refractivity contribution in [2.45, 2.75) is 78.1 Å². The van der Waals surface area contributed by atoms with Gasteiger partial charge in [-0.1, -0.05) is 70.9 Å². The molecule has 0 amide bonds. The number of rotatable bonds is 14. The van der Waals surface area contributed by atoms with Crippen LogP contribution in [0.25, 0.3) is 0 Å². The van der Waals surface area contributed by atoms with Gasteiger partial charge in [0.15, 0.2) is 0 Å². The highest BCUT2D eigenvalue weighted by atomic mass is 16.5. The van der Waals surface area contributed by atoms with E-state index in [1.807, 2.05) is 18.3 Å². The minimum atomic E-state index is 0.811. The van der Waals surface area contributed by atoms with Crippen LogP contribution in [-0.2, 0) is 6.42 Å². The van der Waals surface area contributed by atoms with E-state index in [0.717, 1.165) is 36.4 Å². The molecule has 2 rings (SSSR count). The van der Waals surface area contributed by atoms with E-state index >= 15 is 0 Å². The lowest BCUT2D eigenvalue weighted by molar-refractivity contribution is 0.304. The van der Waals surface area contributed by atoms with E-state index in [9.17, 15) is 0 Å². The zero-order valence-electron chi connectivity index (χ0n) is 17.8. The van der Waals surface area contributed by atoms with Gasteiger partial charge < -0.3 is 4.74 Å². The third kappa shape index (κ3) is 9.21. The molecule has 0 spiro atoms. The van der Waals surface area contributed by atoms with Crippen LogP contribution in [0, 0.1) is 0 Å². The van der Waals surface area contributed by atoms with Crippen LogP contribution in [0.1, 0.15) is 82.8 Å². The minimum absolute atomic E-state index is 0.811. The maximum absolute atomic E-state index is 5.85. The van der Waals surface area contributed by atoms with Gasteiger partial charge in [0.1, 0.15) is 5.75 Å². The summed E-state index contributed by atoms with van der Waals surface area (Å²) in [5.41, 5.74) is 3.49. The second-order valence-electron chi connectivity index (χ2n) is 7.57. The van der Waals surface area contributed by atoms with Crippen LogP contribution in [0.4, 0.5) is 5.69 Å². The molecule has 0 radical (unpaired) electrons. The molecule has 28 heavy (non-hydrogen) atoms. The van der Waals surface area contributed by atoms with Crippen molar-refractivity contribution in [3.63, 3.8) is 0 Å². The lowest BCUT2D eigenvalue weighted by Gasteiger charge is -2.06. The van der Waals surface area contributed by atoms with Crippen LogP contribution >= 0.6 is 0 Å². The second kappa shape index (κ2) is 14.0. The van der Waals surface area contributed by atoms with E-state index in [2.05, 4.69) is 55.2 Å². The lowest BCUT2D eigenvalue weighted by atomic mass is 10.1. The highest BCUT2D eigenvalue weighted by Gasteiger charge is 1.97. The molecule has 2 heteroatoms. The molecule has 0 unspecified atom stereocenters. The molecule has 0 fully saturated rings. The predicted octanol–water partition coefficient (Wildman–Crippen LogP) is 7.91. The van der Waals surface area contributed by atoms with Gasteiger partial charge >= 0.3 is 0 Å². The molecule has 0 saturated carbocycles. The van der Waals surface area contributed by atoms with Gasteiger partial charge in [-0.25, -0.2) is 0 Å². The van der Waals surface area contributed by atoms with E-state index in [-0.39, 0.29) is 0 Å². The number of benzene rings is 2. The molecule has 0 heterocycles.